The van der Waals surface area contributed by atoms with Crippen molar-refractivity contribution in [3.63, 3.8) is 0 Å². The highest BCUT2D eigenvalue weighted by molar-refractivity contribution is 7.89. The molecule has 0 unspecified atom stereocenters. The summed E-state index contributed by atoms with van der Waals surface area (Å²) >= 11 is 0. The number of nitrogens with zero attached hydrogens (tertiary/aromatic N) is 2. The molecule has 1 aliphatic heterocycles. The third-order valence-corrected chi connectivity index (χ3v) is 6.48. The van der Waals surface area contributed by atoms with Crippen molar-refractivity contribution < 1.29 is 13.2 Å². The molecule has 0 aromatic heterocycles. The first-order chi connectivity index (χ1) is 13.0. The second kappa shape index (κ2) is 8.37. The molecule has 1 saturated heterocycles. The van der Waals surface area contributed by atoms with E-state index in [9.17, 15) is 13.2 Å². The SMILES string of the molecule is Cc1ccccc1/C=C/NC(=O)N1CCN(S(=O)(=O)c2ccccc2)CC1. The fourth-order valence-electron chi connectivity index (χ4n) is 2.94. The van der Waals surface area contributed by atoms with Gasteiger partial charge in [0.2, 0.25) is 10.0 Å². The van der Waals surface area contributed by atoms with Gasteiger partial charge in [-0.1, -0.05) is 42.5 Å². The van der Waals surface area contributed by atoms with Crippen LogP contribution in [-0.4, -0.2) is 49.8 Å². The molecule has 3 rings (SSSR count). The van der Waals surface area contributed by atoms with Gasteiger partial charge < -0.3 is 10.2 Å². The van der Waals surface area contributed by atoms with E-state index in [0.717, 1.165) is 11.1 Å². The lowest BCUT2D eigenvalue weighted by molar-refractivity contribution is 0.175. The number of nitrogens with one attached hydrogen (secondary N) is 1. The number of aryl methyl sites for hydroxylation is 1. The molecule has 0 bridgehead atoms. The molecule has 0 radical (unpaired) electrons. The van der Waals surface area contributed by atoms with Crippen LogP contribution in [0.3, 0.4) is 0 Å². The van der Waals surface area contributed by atoms with Crippen molar-refractivity contribution in [2.75, 3.05) is 26.2 Å². The summed E-state index contributed by atoms with van der Waals surface area (Å²) in [4.78, 5) is 14.2. The summed E-state index contributed by atoms with van der Waals surface area (Å²) in [7, 11) is -3.51. The smallest absolute Gasteiger partial charge is 0.321 e. The van der Waals surface area contributed by atoms with Gasteiger partial charge in [-0.2, -0.15) is 4.31 Å². The van der Waals surface area contributed by atoms with Gasteiger partial charge in [0.05, 0.1) is 4.90 Å². The largest absolute Gasteiger partial charge is 0.322 e. The van der Waals surface area contributed by atoms with Gasteiger partial charge in [0.1, 0.15) is 0 Å². The number of rotatable bonds is 4. The first kappa shape index (κ1) is 19.1. The fraction of sp³-hybridized carbons (Fsp3) is 0.250. The Morgan fingerprint density at radius 2 is 1.59 bits per heavy atom. The van der Waals surface area contributed by atoms with Crippen LogP contribution in [-0.2, 0) is 10.0 Å². The summed E-state index contributed by atoms with van der Waals surface area (Å²) in [5.41, 5.74) is 2.17. The zero-order valence-corrected chi connectivity index (χ0v) is 16.0. The van der Waals surface area contributed by atoms with Crippen LogP contribution in [0.1, 0.15) is 11.1 Å². The van der Waals surface area contributed by atoms with Crippen molar-refractivity contribution in [1.82, 2.24) is 14.5 Å². The van der Waals surface area contributed by atoms with E-state index in [4.69, 9.17) is 0 Å². The average Bonchev–Trinajstić information content (AvgIpc) is 2.70. The Balaban J connectivity index is 1.54. The standard InChI is InChI=1S/C20H23N3O3S/c1-17-7-5-6-8-18(17)11-12-21-20(24)22-13-15-23(16-14-22)27(25,26)19-9-3-2-4-10-19/h2-12H,13-16H2,1H3,(H,21,24)/b12-11+. The number of sulfonamides is 1. The van der Waals surface area contributed by atoms with E-state index in [1.165, 1.54) is 4.31 Å². The lowest BCUT2D eigenvalue weighted by atomic mass is 10.1. The molecule has 27 heavy (non-hydrogen) atoms. The summed E-state index contributed by atoms with van der Waals surface area (Å²) in [5.74, 6) is 0. The molecular weight excluding hydrogens is 362 g/mol. The first-order valence-electron chi connectivity index (χ1n) is 8.81. The van der Waals surface area contributed by atoms with E-state index in [1.54, 1.807) is 41.4 Å². The van der Waals surface area contributed by atoms with Crippen LogP contribution in [0, 0.1) is 6.92 Å². The topological polar surface area (TPSA) is 69.7 Å². The molecule has 6 nitrogen and oxygen atoms in total. The molecule has 1 heterocycles. The van der Waals surface area contributed by atoms with Crippen molar-refractivity contribution >= 4 is 22.1 Å². The van der Waals surface area contributed by atoms with Crippen LogP contribution in [0.15, 0.2) is 65.7 Å². The molecule has 2 aromatic carbocycles. The van der Waals surface area contributed by atoms with Gasteiger partial charge in [0, 0.05) is 32.4 Å². The molecule has 2 amide bonds. The van der Waals surface area contributed by atoms with E-state index in [0.29, 0.717) is 13.1 Å². The Hall–Kier alpha value is -2.64. The first-order valence-corrected chi connectivity index (χ1v) is 10.3. The van der Waals surface area contributed by atoms with Crippen LogP contribution in [0.5, 0.6) is 0 Å². The molecule has 142 valence electrons. The van der Waals surface area contributed by atoms with Crippen LogP contribution in [0.2, 0.25) is 0 Å². The molecule has 1 N–H and O–H groups in total. The van der Waals surface area contributed by atoms with E-state index < -0.39 is 10.0 Å². The highest BCUT2D eigenvalue weighted by Crippen LogP contribution is 2.17. The molecule has 1 fully saturated rings. The maximum absolute atomic E-state index is 12.6. The van der Waals surface area contributed by atoms with Gasteiger partial charge in [-0.15, -0.1) is 0 Å². The van der Waals surface area contributed by atoms with Crippen LogP contribution in [0.4, 0.5) is 4.79 Å². The van der Waals surface area contributed by atoms with Crippen LogP contribution >= 0.6 is 0 Å². The number of benzene rings is 2. The molecule has 1 aliphatic rings. The molecule has 0 atom stereocenters. The third-order valence-electron chi connectivity index (χ3n) is 4.56. The van der Waals surface area contributed by atoms with E-state index >= 15 is 0 Å². The summed E-state index contributed by atoms with van der Waals surface area (Å²) in [6.07, 6.45) is 3.47. The summed E-state index contributed by atoms with van der Waals surface area (Å²) in [6, 6.07) is 16.0. The van der Waals surface area contributed by atoms with Crippen molar-refractivity contribution in [1.29, 1.82) is 0 Å². The van der Waals surface area contributed by atoms with Gasteiger partial charge in [-0.25, -0.2) is 13.2 Å². The van der Waals surface area contributed by atoms with Gasteiger partial charge in [-0.3, -0.25) is 0 Å². The number of carbonyl (C=O) groups excluding carboxylic acids is 1. The number of carbonyl (C=O) groups is 1. The lowest BCUT2D eigenvalue weighted by Crippen LogP contribution is -2.52. The number of urea groups is 1. The maximum atomic E-state index is 12.6. The monoisotopic (exact) mass is 385 g/mol. The van der Waals surface area contributed by atoms with Crippen molar-refractivity contribution in [3.05, 3.63) is 71.9 Å². The van der Waals surface area contributed by atoms with E-state index in [-0.39, 0.29) is 24.0 Å². The third kappa shape index (κ3) is 4.56. The molecule has 7 heteroatoms. The summed E-state index contributed by atoms with van der Waals surface area (Å²) in [6.45, 7) is 3.29. The second-order valence-corrected chi connectivity index (χ2v) is 8.28. The van der Waals surface area contributed by atoms with Gasteiger partial charge in [-0.05, 0) is 36.3 Å². The maximum Gasteiger partial charge on any atom is 0.321 e. The minimum Gasteiger partial charge on any atom is -0.322 e. The van der Waals surface area contributed by atoms with E-state index in [2.05, 4.69) is 5.32 Å². The minimum atomic E-state index is -3.51. The number of hydrogen-bond donors (Lipinski definition) is 1. The zero-order chi connectivity index (χ0) is 19.3. The molecule has 2 aromatic rings. The number of piperazine rings is 1. The highest BCUT2D eigenvalue weighted by Gasteiger charge is 2.29. The normalized spacial score (nSPS) is 15.8. The Morgan fingerprint density at radius 3 is 2.26 bits per heavy atom. The van der Waals surface area contributed by atoms with Crippen LogP contribution < -0.4 is 5.32 Å². The Morgan fingerprint density at radius 1 is 0.963 bits per heavy atom. The zero-order valence-electron chi connectivity index (χ0n) is 15.2. The minimum absolute atomic E-state index is 0.225. The van der Waals surface area contributed by atoms with Gasteiger partial charge in [0.15, 0.2) is 0 Å². The van der Waals surface area contributed by atoms with E-state index in [1.807, 2.05) is 37.3 Å². The molecule has 0 saturated carbocycles. The number of amides is 2. The summed E-state index contributed by atoms with van der Waals surface area (Å²) in [5, 5.41) is 2.75. The predicted molar refractivity (Wildman–Crippen MR) is 106 cm³/mol. The molecule has 0 aliphatic carbocycles. The van der Waals surface area contributed by atoms with Crippen molar-refractivity contribution in [2.24, 2.45) is 0 Å². The predicted octanol–water partition coefficient (Wildman–Crippen LogP) is 2.68. The highest BCUT2D eigenvalue weighted by atomic mass is 32.2. The van der Waals surface area contributed by atoms with Gasteiger partial charge in [0.25, 0.3) is 0 Å². The number of hydrogen-bond acceptors (Lipinski definition) is 3. The molecular formula is C20H23N3O3S. The Bertz CT molecular complexity index is 918. The van der Waals surface area contributed by atoms with Gasteiger partial charge >= 0.3 is 6.03 Å². The fourth-order valence-corrected chi connectivity index (χ4v) is 4.38. The van der Waals surface area contributed by atoms with Crippen molar-refractivity contribution in [3.8, 4) is 0 Å². The second-order valence-electron chi connectivity index (χ2n) is 6.34. The average molecular weight is 385 g/mol. The lowest BCUT2D eigenvalue weighted by Gasteiger charge is -2.33. The van der Waals surface area contributed by atoms with Crippen LogP contribution in [0.25, 0.3) is 6.08 Å². The Labute approximate surface area is 160 Å². The Kier molecular flexibility index (Phi) is 5.93. The molecule has 0 spiro atoms. The summed E-state index contributed by atoms with van der Waals surface area (Å²) < 4.78 is 26.7. The quantitative estimate of drug-likeness (QED) is 0.880. The van der Waals surface area contributed by atoms with Crippen molar-refractivity contribution in [2.45, 2.75) is 11.8 Å².